The summed E-state index contributed by atoms with van der Waals surface area (Å²) < 4.78 is 5.36. The lowest BCUT2D eigenvalue weighted by Gasteiger charge is -2.55. The number of rotatable bonds is 6. The van der Waals surface area contributed by atoms with Gasteiger partial charge >= 0.3 is 5.97 Å². The second kappa shape index (κ2) is 6.07. The van der Waals surface area contributed by atoms with Crippen molar-refractivity contribution in [1.82, 2.24) is 4.98 Å². The maximum atomic E-state index is 12.9. The zero-order valence-electron chi connectivity index (χ0n) is 15.1. The number of hydrogen-bond acceptors (Lipinski definition) is 5. The Morgan fingerprint density at radius 2 is 1.73 bits per heavy atom. The predicted molar refractivity (Wildman–Crippen MR) is 96.8 cm³/mol. The fourth-order valence-electron chi connectivity index (χ4n) is 5.86. The number of Topliss-reactive ketones (excluding diaryl/α,β-unsaturated/α-hetero) is 1. The molecule has 5 aliphatic rings. The Hall–Kier alpha value is -1.91. The molecule has 26 heavy (non-hydrogen) atoms. The van der Waals surface area contributed by atoms with Crippen LogP contribution in [0.25, 0.3) is 0 Å². The smallest absolute Gasteiger partial charge is 0.340 e. The molecule has 4 bridgehead atoms. The molecular weight excluding hydrogens is 328 g/mol. The van der Waals surface area contributed by atoms with Crippen molar-refractivity contribution in [2.45, 2.75) is 57.4 Å². The number of hydrogen-bond donors (Lipinski definition) is 1. The highest BCUT2D eigenvalue weighted by Crippen LogP contribution is 2.60. The Balaban J connectivity index is 1.19. The van der Waals surface area contributed by atoms with Crippen LogP contribution in [-0.2, 0) is 9.53 Å². The number of carbonyl (C=O) groups is 2. The second-order valence-corrected chi connectivity index (χ2v) is 9.05. The van der Waals surface area contributed by atoms with Gasteiger partial charge in [0.2, 0.25) is 0 Å². The van der Waals surface area contributed by atoms with E-state index in [-0.39, 0.29) is 17.8 Å². The molecule has 6 rings (SSSR count). The number of ketones is 1. The summed E-state index contributed by atoms with van der Waals surface area (Å²) in [5.74, 6) is 2.64. The molecule has 1 N–H and O–H groups in total. The molecule has 5 heteroatoms. The highest BCUT2D eigenvalue weighted by Gasteiger charge is 2.54. The third-order valence-corrected chi connectivity index (χ3v) is 6.89. The molecule has 138 valence electrons. The van der Waals surface area contributed by atoms with Gasteiger partial charge in [-0.05, 0) is 81.3 Å². The van der Waals surface area contributed by atoms with Crippen molar-refractivity contribution in [2.24, 2.45) is 23.2 Å². The second-order valence-electron chi connectivity index (χ2n) is 9.05. The van der Waals surface area contributed by atoms with Gasteiger partial charge in [-0.2, -0.15) is 0 Å². The van der Waals surface area contributed by atoms with Crippen LogP contribution in [0.1, 0.15) is 61.7 Å². The predicted octanol–water partition coefficient (Wildman–Crippen LogP) is 3.60. The van der Waals surface area contributed by atoms with Crippen LogP contribution in [0.15, 0.2) is 18.3 Å². The van der Waals surface area contributed by atoms with Crippen molar-refractivity contribution >= 4 is 17.6 Å². The van der Waals surface area contributed by atoms with Gasteiger partial charge in [0.15, 0.2) is 12.4 Å². The average molecular weight is 354 g/mol. The van der Waals surface area contributed by atoms with Gasteiger partial charge in [-0.1, -0.05) is 0 Å². The number of esters is 1. The van der Waals surface area contributed by atoms with E-state index < -0.39 is 5.97 Å². The minimum atomic E-state index is -0.450. The van der Waals surface area contributed by atoms with Gasteiger partial charge in [0.05, 0.1) is 5.56 Å². The molecule has 0 spiro atoms. The van der Waals surface area contributed by atoms with Crippen molar-refractivity contribution in [3.63, 3.8) is 0 Å². The van der Waals surface area contributed by atoms with Gasteiger partial charge in [0.25, 0.3) is 0 Å². The van der Waals surface area contributed by atoms with Crippen LogP contribution in [0.4, 0.5) is 5.82 Å². The van der Waals surface area contributed by atoms with Gasteiger partial charge in [0.1, 0.15) is 5.82 Å². The third-order valence-electron chi connectivity index (χ3n) is 6.89. The van der Waals surface area contributed by atoms with E-state index in [4.69, 9.17) is 4.74 Å². The van der Waals surface area contributed by atoms with Crippen LogP contribution in [0, 0.1) is 23.2 Å². The van der Waals surface area contributed by atoms with Crippen LogP contribution in [0.5, 0.6) is 0 Å². The molecule has 5 saturated carbocycles. The lowest BCUT2D eigenvalue weighted by molar-refractivity contribution is -0.147. The largest absolute Gasteiger partial charge is 0.454 e. The SMILES string of the molecule is O=C(OCC(=O)C12CC3CC(CC(C3)C1)C2)c1ccc(NC2CC2)nc1. The van der Waals surface area contributed by atoms with Crippen LogP contribution < -0.4 is 5.32 Å². The van der Waals surface area contributed by atoms with Gasteiger partial charge in [-0.25, -0.2) is 9.78 Å². The van der Waals surface area contributed by atoms with E-state index >= 15 is 0 Å². The van der Waals surface area contributed by atoms with E-state index in [1.54, 1.807) is 12.1 Å². The number of pyridine rings is 1. The summed E-state index contributed by atoms with van der Waals surface area (Å²) in [7, 11) is 0. The first-order valence-corrected chi connectivity index (χ1v) is 10.0. The summed E-state index contributed by atoms with van der Waals surface area (Å²) in [4.78, 5) is 29.5. The monoisotopic (exact) mass is 354 g/mol. The molecule has 5 nitrogen and oxygen atoms in total. The van der Waals surface area contributed by atoms with Crippen LogP contribution in [0.3, 0.4) is 0 Å². The standard InChI is InChI=1S/C21H26N2O3/c24-18(21-8-13-5-14(9-21)7-15(6-13)10-21)12-26-20(25)16-1-4-19(22-11-16)23-17-2-3-17/h1,4,11,13-15,17H,2-3,5-10,12H2,(H,22,23). The number of ether oxygens (including phenoxy) is 1. The van der Waals surface area contributed by atoms with E-state index in [9.17, 15) is 9.59 Å². The van der Waals surface area contributed by atoms with Gasteiger partial charge in [-0.3, -0.25) is 4.79 Å². The molecule has 0 aromatic carbocycles. The number of nitrogens with one attached hydrogen (secondary N) is 1. The van der Waals surface area contributed by atoms with Gasteiger partial charge < -0.3 is 10.1 Å². The molecule has 0 amide bonds. The van der Waals surface area contributed by atoms with E-state index in [0.717, 1.165) is 42.8 Å². The lowest BCUT2D eigenvalue weighted by Crippen LogP contribution is -2.51. The van der Waals surface area contributed by atoms with Crippen LogP contribution in [-0.4, -0.2) is 29.4 Å². The minimum absolute atomic E-state index is 0.0902. The molecular formula is C21H26N2O3. The minimum Gasteiger partial charge on any atom is -0.454 e. The summed E-state index contributed by atoms with van der Waals surface area (Å²) in [6, 6.07) is 4.05. The number of nitrogens with zero attached hydrogens (tertiary/aromatic N) is 1. The maximum absolute atomic E-state index is 12.9. The maximum Gasteiger partial charge on any atom is 0.340 e. The molecule has 0 radical (unpaired) electrons. The Kier molecular flexibility index (Phi) is 3.80. The highest BCUT2D eigenvalue weighted by molar-refractivity contribution is 5.93. The van der Waals surface area contributed by atoms with Gasteiger partial charge in [0, 0.05) is 17.7 Å². The fraction of sp³-hybridized carbons (Fsp3) is 0.667. The van der Waals surface area contributed by atoms with Crippen molar-refractivity contribution in [3.05, 3.63) is 23.9 Å². The molecule has 1 aromatic rings. The highest BCUT2D eigenvalue weighted by atomic mass is 16.5. The van der Waals surface area contributed by atoms with Gasteiger partial charge in [-0.15, -0.1) is 0 Å². The van der Waals surface area contributed by atoms with E-state index in [1.165, 1.54) is 38.3 Å². The first kappa shape index (κ1) is 16.3. The molecule has 0 saturated heterocycles. The lowest BCUT2D eigenvalue weighted by atomic mass is 9.48. The zero-order chi connectivity index (χ0) is 17.7. The third kappa shape index (κ3) is 3.01. The first-order valence-electron chi connectivity index (χ1n) is 10.0. The van der Waals surface area contributed by atoms with Crippen molar-refractivity contribution in [1.29, 1.82) is 0 Å². The Bertz CT molecular complexity index is 688. The zero-order valence-corrected chi connectivity index (χ0v) is 15.1. The topological polar surface area (TPSA) is 68.3 Å². The molecule has 0 unspecified atom stereocenters. The van der Waals surface area contributed by atoms with Crippen molar-refractivity contribution in [3.8, 4) is 0 Å². The van der Waals surface area contributed by atoms with Crippen LogP contribution >= 0.6 is 0 Å². The van der Waals surface area contributed by atoms with Crippen molar-refractivity contribution in [2.75, 3.05) is 11.9 Å². The van der Waals surface area contributed by atoms with Crippen LogP contribution in [0.2, 0.25) is 0 Å². The average Bonchev–Trinajstić information content (AvgIpc) is 3.43. The van der Waals surface area contributed by atoms with E-state index in [1.807, 2.05) is 0 Å². The molecule has 1 heterocycles. The molecule has 5 fully saturated rings. The number of anilines is 1. The summed E-state index contributed by atoms with van der Waals surface area (Å²) in [6.45, 7) is -0.0902. The summed E-state index contributed by atoms with van der Waals surface area (Å²) in [6.07, 6.45) is 10.8. The molecule has 0 atom stereocenters. The van der Waals surface area contributed by atoms with E-state index in [2.05, 4.69) is 10.3 Å². The molecule has 5 aliphatic carbocycles. The summed E-state index contributed by atoms with van der Waals surface area (Å²) >= 11 is 0. The quantitative estimate of drug-likeness (QED) is 0.791. The molecule has 0 aliphatic heterocycles. The Morgan fingerprint density at radius 3 is 2.27 bits per heavy atom. The number of carbonyl (C=O) groups excluding carboxylic acids is 2. The number of aromatic nitrogens is 1. The fourth-order valence-corrected chi connectivity index (χ4v) is 5.86. The normalized spacial score (nSPS) is 34.5. The van der Waals surface area contributed by atoms with Crippen molar-refractivity contribution < 1.29 is 14.3 Å². The summed E-state index contributed by atoms with van der Waals surface area (Å²) in [5.41, 5.74) is 0.204. The summed E-state index contributed by atoms with van der Waals surface area (Å²) in [5, 5.41) is 3.29. The molecule has 1 aromatic heterocycles. The van der Waals surface area contributed by atoms with E-state index in [0.29, 0.717) is 11.6 Å². The Morgan fingerprint density at radius 1 is 1.08 bits per heavy atom. The Labute approximate surface area is 153 Å². The first-order chi connectivity index (χ1) is 12.6.